The minimum atomic E-state index is 0.0414. The first kappa shape index (κ1) is 17.6. The molecule has 0 atom stereocenters. The Labute approximate surface area is 169 Å². The first-order valence-corrected chi connectivity index (χ1v) is 10.0. The van der Waals surface area contributed by atoms with Gasteiger partial charge in [-0.3, -0.25) is 4.79 Å². The molecule has 1 aliphatic rings. The number of fused-ring (bicyclic) bond motifs is 2. The molecule has 0 saturated heterocycles. The van der Waals surface area contributed by atoms with Crippen molar-refractivity contribution in [1.82, 2.24) is 19.7 Å². The van der Waals surface area contributed by atoms with Gasteiger partial charge >= 0.3 is 0 Å². The molecule has 0 bridgehead atoms. The lowest BCUT2D eigenvalue weighted by molar-refractivity contribution is 0.0736. The van der Waals surface area contributed by atoms with Crippen LogP contribution in [0.1, 0.15) is 28.4 Å². The first-order chi connectivity index (χ1) is 14.2. The van der Waals surface area contributed by atoms with Crippen LogP contribution in [0.25, 0.3) is 22.3 Å². The summed E-state index contributed by atoms with van der Waals surface area (Å²) in [6.45, 7) is 4.11. The molecule has 1 amide bonds. The number of hydrogen-bond donors (Lipinski definition) is 0. The molecule has 0 spiro atoms. The van der Waals surface area contributed by atoms with Gasteiger partial charge < -0.3 is 4.90 Å². The van der Waals surface area contributed by atoms with Crippen molar-refractivity contribution < 1.29 is 4.79 Å². The highest BCUT2D eigenvalue weighted by atomic mass is 16.2. The zero-order chi connectivity index (χ0) is 19.8. The van der Waals surface area contributed by atoms with E-state index in [1.807, 2.05) is 59.0 Å². The zero-order valence-electron chi connectivity index (χ0n) is 16.4. The molecule has 144 valence electrons. The Kier molecular flexibility index (Phi) is 4.35. The molecule has 2 aromatic carbocycles. The number of nitrogens with zero attached hydrogens (tertiary/aromatic N) is 4. The Hall–Kier alpha value is -3.47. The summed E-state index contributed by atoms with van der Waals surface area (Å²) in [5, 5.41) is 5.27. The molecule has 0 saturated carbocycles. The van der Waals surface area contributed by atoms with Crippen molar-refractivity contribution in [2.75, 3.05) is 6.54 Å². The minimum absolute atomic E-state index is 0.0414. The fourth-order valence-corrected chi connectivity index (χ4v) is 4.05. The Morgan fingerprint density at radius 2 is 1.79 bits per heavy atom. The molecule has 5 heteroatoms. The highest BCUT2D eigenvalue weighted by Crippen LogP contribution is 2.27. The zero-order valence-corrected chi connectivity index (χ0v) is 16.4. The topological polar surface area (TPSA) is 51.0 Å². The van der Waals surface area contributed by atoms with Crippen LogP contribution in [0.2, 0.25) is 0 Å². The molecular weight excluding hydrogens is 360 g/mol. The van der Waals surface area contributed by atoms with Crippen molar-refractivity contribution in [1.29, 1.82) is 0 Å². The predicted octanol–water partition coefficient (Wildman–Crippen LogP) is 4.32. The van der Waals surface area contributed by atoms with Crippen LogP contribution in [-0.2, 0) is 19.5 Å². The number of aromatic nitrogens is 3. The lowest BCUT2D eigenvalue weighted by Gasteiger charge is -2.29. The maximum absolute atomic E-state index is 13.6. The number of pyridine rings is 1. The number of amides is 1. The van der Waals surface area contributed by atoms with Crippen LogP contribution in [0, 0.1) is 0 Å². The van der Waals surface area contributed by atoms with Gasteiger partial charge in [0.1, 0.15) is 0 Å². The largest absolute Gasteiger partial charge is 0.334 e. The Morgan fingerprint density at radius 3 is 2.59 bits per heavy atom. The predicted molar refractivity (Wildman–Crippen MR) is 114 cm³/mol. The van der Waals surface area contributed by atoms with Gasteiger partial charge in [-0.15, -0.1) is 0 Å². The number of benzene rings is 2. The molecule has 2 aromatic heterocycles. The first-order valence-electron chi connectivity index (χ1n) is 10.0. The summed E-state index contributed by atoms with van der Waals surface area (Å²) in [7, 11) is 0. The van der Waals surface area contributed by atoms with E-state index >= 15 is 0 Å². The minimum Gasteiger partial charge on any atom is -0.334 e. The van der Waals surface area contributed by atoms with Crippen LogP contribution in [-0.4, -0.2) is 32.1 Å². The molecule has 0 radical (unpaired) electrons. The van der Waals surface area contributed by atoms with E-state index in [9.17, 15) is 4.79 Å². The monoisotopic (exact) mass is 382 g/mol. The summed E-state index contributed by atoms with van der Waals surface area (Å²) in [6.07, 6.45) is 2.65. The number of hydrogen-bond acceptors (Lipinski definition) is 3. The van der Waals surface area contributed by atoms with Gasteiger partial charge in [-0.25, -0.2) is 9.67 Å². The van der Waals surface area contributed by atoms with Crippen molar-refractivity contribution in [3.05, 3.63) is 83.6 Å². The molecule has 3 heterocycles. The van der Waals surface area contributed by atoms with Crippen LogP contribution in [0.15, 0.2) is 66.9 Å². The van der Waals surface area contributed by atoms with Crippen LogP contribution < -0.4 is 0 Å². The van der Waals surface area contributed by atoms with Crippen LogP contribution in [0.5, 0.6) is 0 Å². The summed E-state index contributed by atoms with van der Waals surface area (Å²) in [5.74, 6) is 0.0414. The Balaban J connectivity index is 1.60. The third kappa shape index (κ3) is 3.09. The molecule has 0 unspecified atom stereocenters. The van der Waals surface area contributed by atoms with Crippen molar-refractivity contribution >= 4 is 16.9 Å². The molecular formula is C24H22N4O. The molecule has 0 N–H and O–H groups in total. The van der Waals surface area contributed by atoms with Gasteiger partial charge in [0.15, 0.2) is 5.65 Å². The fourth-order valence-electron chi connectivity index (χ4n) is 4.05. The van der Waals surface area contributed by atoms with Crippen LogP contribution >= 0.6 is 0 Å². The van der Waals surface area contributed by atoms with Crippen LogP contribution in [0.4, 0.5) is 0 Å². The molecule has 0 aliphatic carbocycles. The summed E-state index contributed by atoms with van der Waals surface area (Å²) < 4.78 is 1.85. The van der Waals surface area contributed by atoms with E-state index in [0.29, 0.717) is 18.7 Å². The molecule has 29 heavy (non-hydrogen) atoms. The lowest BCUT2D eigenvalue weighted by atomic mass is 9.98. The van der Waals surface area contributed by atoms with E-state index in [4.69, 9.17) is 4.98 Å². The lowest BCUT2D eigenvalue weighted by Crippen LogP contribution is -2.36. The van der Waals surface area contributed by atoms with Crippen LogP contribution in [0.3, 0.4) is 0 Å². The molecule has 5 nitrogen and oxygen atoms in total. The summed E-state index contributed by atoms with van der Waals surface area (Å²) in [5.41, 5.74) is 5.79. The van der Waals surface area contributed by atoms with E-state index in [1.54, 1.807) is 6.20 Å². The second kappa shape index (κ2) is 7.17. The second-order valence-electron chi connectivity index (χ2n) is 7.36. The average molecular weight is 382 g/mol. The number of carbonyl (C=O) groups is 1. The Morgan fingerprint density at radius 1 is 1.03 bits per heavy atom. The summed E-state index contributed by atoms with van der Waals surface area (Å²) in [6, 6.07) is 20.3. The van der Waals surface area contributed by atoms with E-state index in [-0.39, 0.29) is 5.91 Å². The van der Waals surface area contributed by atoms with Gasteiger partial charge in [-0.1, -0.05) is 54.6 Å². The maximum Gasteiger partial charge on any atom is 0.255 e. The summed E-state index contributed by atoms with van der Waals surface area (Å²) >= 11 is 0. The van der Waals surface area contributed by atoms with Gasteiger partial charge in [0.2, 0.25) is 0 Å². The highest BCUT2D eigenvalue weighted by Gasteiger charge is 2.25. The standard InChI is InChI=1S/C24H22N4O/c1-2-28-23-21(15-25-28)20(14-22(26-23)18-9-4-3-5-10-18)24(29)27-13-12-17-8-6-7-11-19(17)16-27/h3-11,14-15H,2,12-13,16H2,1H3. The van der Waals surface area contributed by atoms with E-state index < -0.39 is 0 Å². The van der Waals surface area contributed by atoms with Gasteiger partial charge in [-0.05, 0) is 30.5 Å². The van der Waals surface area contributed by atoms with E-state index in [2.05, 4.69) is 23.3 Å². The third-order valence-electron chi connectivity index (χ3n) is 5.63. The van der Waals surface area contributed by atoms with E-state index in [0.717, 1.165) is 35.3 Å². The molecule has 1 aliphatic heterocycles. The summed E-state index contributed by atoms with van der Waals surface area (Å²) in [4.78, 5) is 20.3. The van der Waals surface area contributed by atoms with Gasteiger partial charge in [0.05, 0.1) is 22.8 Å². The average Bonchev–Trinajstić information content (AvgIpc) is 3.21. The van der Waals surface area contributed by atoms with Gasteiger partial charge in [0, 0.05) is 25.2 Å². The van der Waals surface area contributed by atoms with Crippen molar-refractivity contribution in [2.45, 2.75) is 26.4 Å². The van der Waals surface area contributed by atoms with Crippen molar-refractivity contribution in [3.63, 3.8) is 0 Å². The van der Waals surface area contributed by atoms with Crippen molar-refractivity contribution in [2.24, 2.45) is 0 Å². The van der Waals surface area contributed by atoms with Crippen molar-refractivity contribution in [3.8, 4) is 11.3 Å². The normalized spacial score (nSPS) is 13.5. The number of rotatable bonds is 3. The number of carbonyl (C=O) groups excluding carboxylic acids is 1. The van der Waals surface area contributed by atoms with Gasteiger partial charge in [-0.2, -0.15) is 5.10 Å². The molecule has 0 fully saturated rings. The van der Waals surface area contributed by atoms with E-state index in [1.165, 1.54) is 11.1 Å². The second-order valence-corrected chi connectivity index (χ2v) is 7.36. The fraction of sp³-hybridized carbons (Fsp3) is 0.208. The van der Waals surface area contributed by atoms with Gasteiger partial charge in [0.25, 0.3) is 5.91 Å². The Bertz CT molecular complexity index is 1200. The molecule has 4 aromatic rings. The maximum atomic E-state index is 13.6. The number of aryl methyl sites for hydroxylation is 1. The third-order valence-corrected chi connectivity index (χ3v) is 5.63. The SMILES string of the molecule is CCn1ncc2c(C(=O)N3CCc4ccccc4C3)cc(-c3ccccc3)nc21. The highest BCUT2D eigenvalue weighted by molar-refractivity contribution is 6.06. The molecule has 5 rings (SSSR count). The quantitative estimate of drug-likeness (QED) is 0.530. The smallest absolute Gasteiger partial charge is 0.255 e.